The zero-order valence-corrected chi connectivity index (χ0v) is 11.0. The number of benzene rings is 1. The van der Waals surface area contributed by atoms with Crippen LogP contribution < -0.4 is 5.32 Å². The van der Waals surface area contributed by atoms with Gasteiger partial charge in [-0.25, -0.2) is 4.68 Å². The summed E-state index contributed by atoms with van der Waals surface area (Å²) in [4.78, 5) is 0. The van der Waals surface area contributed by atoms with Crippen LogP contribution in [0.5, 0.6) is 0 Å². The highest BCUT2D eigenvalue weighted by molar-refractivity contribution is 6.31. The van der Waals surface area contributed by atoms with Gasteiger partial charge >= 0.3 is 0 Å². The second kappa shape index (κ2) is 4.90. The molecular weight excluding hydrogens is 234 g/mol. The first kappa shape index (κ1) is 12.1. The highest BCUT2D eigenvalue weighted by Crippen LogP contribution is 2.20. The minimum absolute atomic E-state index is 0.698. The van der Waals surface area contributed by atoms with E-state index in [1.807, 2.05) is 24.9 Å². The molecule has 0 aliphatic heterocycles. The average Bonchev–Trinajstić information content (AvgIpc) is 2.62. The van der Waals surface area contributed by atoms with Gasteiger partial charge in [-0.3, -0.25) is 0 Å². The Morgan fingerprint density at radius 1 is 1.35 bits per heavy atom. The lowest BCUT2D eigenvalue weighted by atomic mass is 10.1. The van der Waals surface area contributed by atoms with Crippen molar-refractivity contribution in [3.05, 3.63) is 46.2 Å². The molecule has 2 aromatic rings. The Balaban J connectivity index is 2.46. The normalized spacial score (nSPS) is 10.8. The van der Waals surface area contributed by atoms with E-state index in [0.29, 0.717) is 5.02 Å². The van der Waals surface area contributed by atoms with Crippen molar-refractivity contribution in [1.82, 2.24) is 15.1 Å². The quantitative estimate of drug-likeness (QED) is 0.907. The first-order valence-corrected chi connectivity index (χ1v) is 5.96. The summed E-state index contributed by atoms with van der Waals surface area (Å²) < 4.78 is 1.84. The number of nitrogens with one attached hydrogen (secondary N) is 1. The van der Waals surface area contributed by atoms with Gasteiger partial charge in [0.25, 0.3) is 0 Å². The van der Waals surface area contributed by atoms with E-state index in [9.17, 15) is 0 Å². The van der Waals surface area contributed by atoms with E-state index < -0.39 is 0 Å². The van der Waals surface area contributed by atoms with Gasteiger partial charge in [-0.05, 0) is 38.1 Å². The van der Waals surface area contributed by atoms with Gasteiger partial charge in [0.2, 0.25) is 0 Å². The summed E-state index contributed by atoms with van der Waals surface area (Å²) in [5, 5.41) is 8.25. The van der Waals surface area contributed by atoms with Gasteiger partial charge in [-0.15, -0.1) is 0 Å². The Morgan fingerprint density at radius 3 is 2.71 bits per heavy atom. The molecule has 0 bridgehead atoms. The molecule has 0 fully saturated rings. The molecule has 0 unspecified atom stereocenters. The Bertz CT molecular complexity index is 512. The minimum atomic E-state index is 0.698. The third-order valence-corrected chi connectivity index (χ3v) is 3.11. The fraction of sp³-hybridized carbons (Fsp3) is 0.308. The first-order chi connectivity index (χ1) is 8.11. The maximum Gasteiger partial charge on any atom is 0.0819 e. The van der Waals surface area contributed by atoms with Gasteiger partial charge in [-0.2, -0.15) is 5.10 Å². The Hall–Kier alpha value is -1.32. The second-order valence-corrected chi connectivity index (χ2v) is 4.57. The molecule has 0 saturated carbocycles. The zero-order valence-electron chi connectivity index (χ0n) is 10.3. The van der Waals surface area contributed by atoms with Crippen LogP contribution >= 0.6 is 11.6 Å². The molecule has 3 nitrogen and oxygen atoms in total. The lowest BCUT2D eigenvalue weighted by Crippen LogP contribution is -2.06. The third kappa shape index (κ3) is 2.51. The molecule has 2 rings (SSSR count). The van der Waals surface area contributed by atoms with Crippen molar-refractivity contribution in [2.24, 2.45) is 0 Å². The van der Waals surface area contributed by atoms with Gasteiger partial charge in [-0.1, -0.05) is 23.7 Å². The summed E-state index contributed by atoms with van der Waals surface area (Å²) in [5.41, 5.74) is 4.35. The summed E-state index contributed by atoms with van der Waals surface area (Å²) in [7, 11) is 1.94. The largest absolute Gasteiger partial charge is 0.316 e. The molecule has 1 N–H and O–H groups in total. The van der Waals surface area contributed by atoms with Crippen LogP contribution in [0, 0.1) is 13.8 Å². The van der Waals surface area contributed by atoms with Crippen molar-refractivity contribution < 1.29 is 0 Å². The van der Waals surface area contributed by atoms with Gasteiger partial charge in [0.1, 0.15) is 0 Å². The molecule has 0 spiro atoms. The predicted octanol–water partition coefficient (Wildman–Crippen LogP) is 2.86. The molecule has 0 saturated heterocycles. The average molecular weight is 250 g/mol. The second-order valence-electron chi connectivity index (χ2n) is 4.16. The molecule has 0 atom stereocenters. The summed E-state index contributed by atoms with van der Waals surface area (Å²) in [6, 6.07) is 6.36. The van der Waals surface area contributed by atoms with Crippen molar-refractivity contribution in [3.8, 4) is 5.69 Å². The van der Waals surface area contributed by atoms with Crippen molar-refractivity contribution >= 4 is 11.6 Å². The van der Waals surface area contributed by atoms with E-state index in [1.165, 1.54) is 11.1 Å². The number of nitrogens with zero attached hydrogens (tertiary/aromatic N) is 2. The number of aromatic nitrogens is 2. The van der Waals surface area contributed by atoms with Crippen LogP contribution in [-0.2, 0) is 6.54 Å². The van der Waals surface area contributed by atoms with E-state index in [1.54, 1.807) is 0 Å². The molecule has 0 amide bonds. The molecule has 1 aromatic heterocycles. The summed E-state index contributed by atoms with van der Waals surface area (Å²) in [6.07, 6.45) is 1.85. The van der Waals surface area contributed by atoms with E-state index in [-0.39, 0.29) is 0 Å². The van der Waals surface area contributed by atoms with E-state index in [2.05, 4.69) is 35.5 Å². The Kier molecular flexibility index (Phi) is 3.50. The van der Waals surface area contributed by atoms with Crippen LogP contribution in [-0.4, -0.2) is 16.8 Å². The van der Waals surface area contributed by atoms with Crippen LogP contribution in [0.2, 0.25) is 5.02 Å². The Labute approximate surface area is 106 Å². The van der Waals surface area contributed by atoms with Crippen molar-refractivity contribution in [2.45, 2.75) is 20.4 Å². The number of rotatable bonds is 3. The summed E-state index contributed by atoms with van der Waals surface area (Å²) in [6.45, 7) is 4.83. The lowest BCUT2D eigenvalue weighted by molar-refractivity contribution is 0.807. The molecule has 90 valence electrons. The van der Waals surface area contributed by atoms with Crippen LogP contribution in [0.25, 0.3) is 5.69 Å². The van der Waals surface area contributed by atoms with Crippen molar-refractivity contribution in [2.75, 3.05) is 7.05 Å². The number of halogens is 1. The van der Waals surface area contributed by atoms with Crippen LogP contribution in [0.4, 0.5) is 0 Å². The molecule has 0 aliphatic carbocycles. The van der Waals surface area contributed by atoms with Gasteiger partial charge in [0.05, 0.1) is 16.4 Å². The summed E-state index contributed by atoms with van der Waals surface area (Å²) in [5.74, 6) is 0. The fourth-order valence-corrected chi connectivity index (χ4v) is 1.91. The van der Waals surface area contributed by atoms with E-state index >= 15 is 0 Å². The minimum Gasteiger partial charge on any atom is -0.316 e. The van der Waals surface area contributed by atoms with Gasteiger partial charge in [0, 0.05) is 12.7 Å². The third-order valence-electron chi connectivity index (χ3n) is 2.74. The van der Waals surface area contributed by atoms with Crippen molar-refractivity contribution in [1.29, 1.82) is 0 Å². The van der Waals surface area contributed by atoms with Gasteiger partial charge < -0.3 is 5.32 Å². The van der Waals surface area contributed by atoms with Crippen molar-refractivity contribution in [3.63, 3.8) is 0 Å². The number of aryl methyl sites for hydroxylation is 2. The summed E-state index contributed by atoms with van der Waals surface area (Å²) >= 11 is 6.04. The molecule has 0 aliphatic rings. The molecule has 1 aromatic carbocycles. The van der Waals surface area contributed by atoms with Crippen LogP contribution in [0.1, 0.15) is 16.8 Å². The maximum absolute atomic E-state index is 6.04. The zero-order chi connectivity index (χ0) is 12.4. The first-order valence-electron chi connectivity index (χ1n) is 5.58. The molecular formula is C13H16ClN3. The van der Waals surface area contributed by atoms with E-state index in [4.69, 9.17) is 11.6 Å². The highest BCUT2D eigenvalue weighted by Gasteiger charge is 2.07. The predicted molar refractivity (Wildman–Crippen MR) is 70.8 cm³/mol. The lowest BCUT2D eigenvalue weighted by Gasteiger charge is -2.08. The maximum atomic E-state index is 6.04. The topological polar surface area (TPSA) is 29.9 Å². The fourth-order valence-electron chi connectivity index (χ4n) is 1.78. The SMILES string of the molecule is CNCc1ccc(C)c(-n2cc(Cl)c(C)n2)c1. The molecule has 1 heterocycles. The van der Waals surface area contributed by atoms with Crippen LogP contribution in [0.3, 0.4) is 0 Å². The highest BCUT2D eigenvalue weighted by atomic mass is 35.5. The smallest absolute Gasteiger partial charge is 0.0819 e. The van der Waals surface area contributed by atoms with Crippen LogP contribution in [0.15, 0.2) is 24.4 Å². The standard InChI is InChI=1S/C13H16ClN3/c1-9-4-5-11(7-15-3)6-13(9)17-8-12(14)10(2)16-17/h4-6,8,15H,7H2,1-3H3. The number of hydrogen-bond donors (Lipinski definition) is 1. The molecule has 0 radical (unpaired) electrons. The van der Waals surface area contributed by atoms with E-state index in [0.717, 1.165) is 17.9 Å². The molecule has 17 heavy (non-hydrogen) atoms. The Morgan fingerprint density at radius 2 is 2.12 bits per heavy atom. The molecule has 4 heteroatoms. The number of hydrogen-bond acceptors (Lipinski definition) is 2. The van der Waals surface area contributed by atoms with Gasteiger partial charge in [0.15, 0.2) is 0 Å². The monoisotopic (exact) mass is 249 g/mol.